The van der Waals surface area contributed by atoms with Gasteiger partial charge in [0.25, 0.3) is 0 Å². The third-order valence-electron chi connectivity index (χ3n) is 0. The first-order valence-corrected chi connectivity index (χ1v) is 0.224. The molecule has 0 aromatic heterocycles. The van der Waals surface area contributed by atoms with Gasteiger partial charge in [0, 0.05) is 41.9 Å². The van der Waals surface area contributed by atoms with Crippen LogP contribution in [-0.4, -0.2) is 0 Å². The summed E-state index contributed by atoms with van der Waals surface area (Å²) in [4.78, 5) is 0. The average molecular weight is 199 g/mol. The van der Waals surface area contributed by atoms with E-state index in [0.29, 0.717) is 0 Å². The molecule has 0 heterocycles. The first kappa shape index (κ1) is 21.0. The van der Waals surface area contributed by atoms with E-state index in [9.17, 15) is 0 Å². The monoisotopic (exact) mass is 197 g/mol. The first-order valence-electron chi connectivity index (χ1n) is 0.224. The third-order valence-corrected chi connectivity index (χ3v) is 0. The van der Waals surface area contributed by atoms with Crippen LogP contribution in [-0.2, 0) is 41.9 Å². The number of rotatable bonds is 0. The summed E-state index contributed by atoms with van der Waals surface area (Å²) in [5.41, 5.74) is 0. The van der Waals surface area contributed by atoms with Crippen LogP contribution in [0.25, 0.3) is 0 Å². The van der Waals surface area contributed by atoms with E-state index in [1.807, 2.05) is 0 Å². The Kier molecular flexibility index (Phi) is 226. The van der Waals surface area contributed by atoms with Crippen molar-refractivity contribution >= 4 is 0 Å². The molecule has 3 heteroatoms. The van der Waals surface area contributed by atoms with Crippen LogP contribution in [0.4, 0.5) is 0 Å². The maximum atomic E-state index is 6.25. The number of nitrogens with zero attached hydrogens (tertiary/aromatic N) is 1. The van der Waals surface area contributed by atoms with E-state index in [-0.39, 0.29) is 41.9 Å². The summed E-state index contributed by atoms with van der Waals surface area (Å²) in [6, 6.07) is 0. The zero-order chi connectivity index (χ0) is 2.00. The smallest absolute Gasteiger partial charge is 0 e. The van der Waals surface area contributed by atoms with Crippen molar-refractivity contribution in [2.75, 3.05) is 0 Å². The van der Waals surface area contributed by atoms with Gasteiger partial charge in [-0.1, -0.05) is 0 Å². The molecule has 0 aromatic rings. The molecule has 23 valence electrons. The van der Waals surface area contributed by atoms with Crippen LogP contribution in [0.2, 0.25) is 0 Å². The van der Waals surface area contributed by atoms with Gasteiger partial charge < -0.3 is 11.8 Å². The van der Waals surface area contributed by atoms with E-state index in [2.05, 4.69) is 0 Å². The predicted octanol–water partition coefficient (Wildman–Crippen LogP) is 0.0914. The largest absolute Gasteiger partial charge is 0.512 e. The molecule has 1 radical (unpaired) electrons. The Morgan fingerprint density at radius 2 is 1.25 bits per heavy atom. The molecule has 0 N–H and O–H groups in total. The molecule has 4 heavy (non-hydrogen) atoms. The molecule has 0 spiro atoms. The fraction of sp³-hybridized carbons (Fsp3) is 0. The Hall–Kier alpha value is 0.854. The van der Waals surface area contributed by atoms with Gasteiger partial charge in [-0.2, -0.15) is 0 Å². The molecule has 1 nitrogen and oxygen atoms in total. The summed E-state index contributed by atoms with van der Waals surface area (Å²) < 4.78 is 0. The van der Waals surface area contributed by atoms with Crippen LogP contribution in [0.3, 0.4) is 0 Å². The summed E-state index contributed by atoms with van der Waals surface area (Å²) >= 11 is 0. The van der Waals surface area contributed by atoms with Crippen molar-refractivity contribution in [2.45, 2.75) is 0 Å². The fourth-order valence-corrected chi connectivity index (χ4v) is 0. The van der Waals surface area contributed by atoms with Crippen molar-refractivity contribution in [3.63, 3.8) is 0 Å². The minimum atomic E-state index is 0. The molecule has 0 saturated heterocycles. The van der Waals surface area contributed by atoms with E-state index in [1.54, 1.807) is 0 Å². The van der Waals surface area contributed by atoms with E-state index >= 15 is 0 Å². The van der Waals surface area contributed by atoms with Crippen molar-refractivity contribution in [1.82, 2.24) is 0 Å². The van der Waals surface area contributed by atoms with Crippen molar-refractivity contribution in [2.24, 2.45) is 0 Å². The van der Waals surface area contributed by atoms with Gasteiger partial charge in [0.05, 0.1) is 0 Å². The zero-order valence-electron chi connectivity index (χ0n) is 1.96. The van der Waals surface area contributed by atoms with E-state index in [0.717, 1.165) is 0 Å². The SMILES string of the molecule is [Ag].[C-]#N.[Zn]. The van der Waals surface area contributed by atoms with E-state index in [4.69, 9.17) is 11.8 Å². The van der Waals surface area contributed by atoms with Gasteiger partial charge in [-0.25, -0.2) is 0 Å². The number of hydrogen-bond acceptors (Lipinski definition) is 1. The van der Waals surface area contributed by atoms with E-state index < -0.39 is 0 Å². The Bertz CT molecular complexity index is 12.8. The fourth-order valence-electron chi connectivity index (χ4n) is 0. The molecular formula is CAgNZn-. The molecule has 0 aliphatic rings. The summed E-state index contributed by atoms with van der Waals surface area (Å²) in [7, 11) is 0. The predicted molar refractivity (Wildman–Crippen MR) is 4.97 cm³/mol. The first-order chi connectivity index (χ1) is 1.00. The summed E-state index contributed by atoms with van der Waals surface area (Å²) in [5.74, 6) is 0. The van der Waals surface area contributed by atoms with Gasteiger partial charge >= 0.3 is 0 Å². The minimum Gasteiger partial charge on any atom is -0.512 e. The summed E-state index contributed by atoms with van der Waals surface area (Å²) in [6.45, 7) is 4.75. The van der Waals surface area contributed by atoms with Crippen molar-refractivity contribution in [3.8, 4) is 0 Å². The van der Waals surface area contributed by atoms with E-state index in [1.165, 1.54) is 0 Å². The standard InChI is InChI=1S/CN.Ag.Zn/c1-2;;/q-1;;. The van der Waals surface area contributed by atoms with Gasteiger partial charge in [0.15, 0.2) is 0 Å². The molecule has 0 aromatic carbocycles. The summed E-state index contributed by atoms with van der Waals surface area (Å²) in [5, 5.41) is 6.25. The van der Waals surface area contributed by atoms with Gasteiger partial charge in [-0.3, -0.25) is 0 Å². The average Bonchev–Trinajstić information content (AvgIpc) is 1.00. The van der Waals surface area contributed by atoms with Crippen LogP contribution in [0, 0.1) is 11.8 Å². The molecule has 0 aliphatic carbocycles. The van der Waals surface area contributed by atoms with Crippen molar-refractivity contribution in [1.29, 1.82) is 5.26 Å². The van der Waals surface area contributed by atoms with Gasteiger partial charge in [-0.05, 0) is 0 Å². The van der Waals surface area contributed by atoms with Crippen LogP contribution < -0.4 is 0 Å². The molecule has 0 aliphatic heterocycles. The molecule has 0 saturated carbocycles. The molecule has 0 fully saturated rings. The number of hydrogen-bond donors (Lipinski definition) is 0. The van der Waals surface area contributed by atoms with Crippen LogP contribution in [0.5, 0.6) is 0 Å². The van der Waals surface area contributed by atoms with Crippen LogP contribution >= 0.6 is 0 Å². The molecule has 0 atom stereocenters. The third kappa shape index (κ3) is 13.5. The second-order valence-corrected chi connectivity index (χ2v) is 0. The minimum absolute atomic E-state index is 0. The molecule has 0 rings (SSSR count). The van der Waals surface area contributed by atoms with Gasteiger partial charge in [-0.15, -0.1) is 0 Å². The van der Waals surface area contributed by atoms with Gasteiger partial charge in [0.2, 0.25) is 0 Å². The molecular weight excluding hydrogens is 199 g/mol. The second-order valence-electron chi connectivity index (χ2n) is 0. The second kappa shape index (κ2) is 43.1. The maximum Gasteiger partial charge on any atom is 0 e. The van der Waals surface area contributed by atoms with Crippen LogP contribution in [0.15, 0.2) is 0 Å². The molecule has 0 unspecified atom stereocenters. The molecule has 0 bridgehead atoms. The van der Waals surface area contributed by atoms with Gasteiger partial charge in [0.1, 0.15) is 0 Å². The normalized spacial score (nSPS) is 0.500. The Labute approximate surface area is 53.6 Å². The van der Waals surface area contributed by atoms with Crippen LogP contribution in [0.1, 0.15) is 0 Å². The van der Waals surface area contributed by atoms with Crippen molar-refractivity contribution in [3.05, 3.63) is 6.57 Å². The Morgan fingerprint density at radius 1 is 1.25 bits per heavy atom. The Balaban J connectivity index is -0.00000000500. The van der Waals surface area contributed by atoms with Crippen molar-refractivity contribution < 1.29 is 41.9 Å². The topological polar surface area (TPSA) is 23.8 Å². The quantitative estimate of drug-likeness (QED) is 0.401. The zero-order valence-corrected chi connectivity index (χ0v) is 6.41. The maximum absolute atomic E-state index is 6.25. The Morgan fingerprint density at radius 3 is 1.25 bits per heavy atom. The summed E-state index contributed by atoms with van der Waals surface area (Å²) in [6.07, 6.45) is 0. The molecule has 0 amide bonds.